The molecule has 2 nitrogen and oxygen atoms in total. The Kier molecular flexibility index (Phi) is 1.99. The van der Waals surface area contributed by atoms with Crippen LogP contribution in [0.25, 0.3) is 11.0 Å². The summed E-state index contributed by atoms with van der Waals surface area (Å²) in [4.78, 5) is 4.69. The van der Waals surface area contributed by atoms with Gasteiger partial charge in [-0.25, -0.2) is 4.98 Å². The van der Waals surface area contributed by atoms with Gasteiger partial charge in [-0.3, -0.25) is 0 Å². The van der Waals surface area contributed by atoms with Crippen molar-refractivity contribution in [3.63, 3.8) is 0 Å². The summed E-state index contributed by atoms with van der Waals surface area (Å²) in [6.45, 7) is 3.14. The fourth-order valence-electron chi connectivity index (χ4n) is 2.10. The van der Waals surface area contributed by atoms with Crippen molar-refractivity contribution in [2.75, 3.05) is 0 Å². The molecule has 78 valence electrons. The number of hydrogen-bond donors (Lipinski definition) is 0. The molecule has 15 heavy (non-hydrogen) atoms. The van der Waals surface area contributed by atoms with Crippen molar-refractivity contribution >= 4 is 22.6 Å². The molecule has 1 aliphatic carbocycles. The third-order valence-corrected chi connectivity index (χ3v) is 3.23. The van der Waals surface area contributed by atoms with Gasteiger partial charge in [0.05, 0.1) is 11.0 Å². The largest absolute Gasteiger partial charge is 0.328 e. The summed E-state index contributed by atoms with van der Waals surface area (Å²) in [6.07, 6.45) is 2.58. The minimum absolute atomic E-state index is 0.691. The lowest BCUT2D eigenvalue weighted by atomic mass is 10.3. The molecule has 1 aromatic heterocycles. The molecule has 1 aliphatic rings. The Morgan fingerprint density at radius 2 is 2.27 bits per heavy atom. The van der Waals surface area contributed by atoms with Crippen molar-refractivity contribution in [1.82, 2.24) is 9.55 Å². The van der Waals surface area contributed by atoms with Gasteiger partial charge in [-0.05, 0) is 38.0 Å². The van der Waals surface area contributed by atoms with E-state index in [4.69, 9.17) is 16.6 Å². The van der Waals surface area contributed by atoms with Crippen molar-refractivity contribution in [3.05, 3.63) is 29.0 Å². The fraction of sp³-hybridized carbons (Fsp3) is 0.417. The number of aromatic nitrogens is 2. The Morgan fingerprint density at radius 1 is 1.47 bits per heavy atom. The molecular formula is C12H13ClN2. The highest BCUT2D eigenvalue weighted by atomic mass is 35.5. The van der Waals surface area contributed by atoms with E-state index in [0.29, 0.717) is 5.92 Å². The monoisotopic (exact) mass is 220 g/mol. The summed E-state index contributed by atoms with van der Waals surface area (Å²) in [5.41, 5.74) is 2.25. The second-order valence-electron chi connectivity index (χ2n) is 4.12. The zero-order valence-electron chi connectivity index (χ0n) is 8.70. The van der Waals surface area contributed by atoms with Crippen LogP contribution < -0.4 is 0 Å². The molecule has 1 saturated carbocycles. The lowest BCUT2D eigenvalue weighted by Gasteiger charge is -2.04. The van der Waals surface area contributed by atoms with Crippen molar-refractivity contribution in [2.45, 2.75) is 32.2 Å². The highest BCUT2D eigenvalue weighted by Crippen LogP contribution is 2.40. The maximum Gasteiger partial charge on any atom is 0.112 e. The molecule has 0 spiro atoms. The first-order valence-electron chi connectivity index (χ1n) is 5.45. The van der Waals surface area contributed by atoms with E-state index in [1.807, 2.05) is 18.2 Å². The number of imidazole rings is 1. The molecule has 1 heterocycles. The molecule has 0 radical (unpaired) electrons. The zero-order chi connectivity index (χ0) is 10.4. The first-order valence-corrected chi connectivity index (χ1v) is 5.83. The zero-order valence-corrected chi connectivity index (χ0v) is 9.46. The number of aryl methyl sites for hydroxylation is 1. The third-order valence-electron chi connectivity index (χ3n) is 3.00. The van der Waals surface area contributed by atoms with E-state index in [1.165, 1.54) is 24.2 Å². The molecule has 3 rings (SSSR count). The second-order valence-corrected chi connectivity index (χ2v) is 4.56. The average molecular weight is 221 g/mol. The summed E-state index contributed by atoms with van der Waals surface area (Å²) in [5, 5.41) is 0.791. The first kappa shape index (κ1) is 9.22. The van der Waals surface area contributed by atoms with Gasteiger partial charge in [-0.2, -0.15) is 0 Å². The molecule has 0 aliphatic heterocycles. The molecule has 1 fully saturated rings. The summed E-state index contributed by atoms with van der Waals surface area (Å²) in [6, 6.07) is 5.93. The Morgan fingerprint density at radius 3 is 2.93 bits per heavy atom. The van der Waals surface area contributed by atoms with E-state index < -0.39 is 0 Å². The Bertz CT molecular complexity index is 512. The van der Waals surface area contributed by atoms with Crippen LogP contribution in [0.3, 0.4) is 0 Å². The van der Waals surface area contributed by atoms with Crippen LogP contribution in [0.1, 0.15) is 31.5 Å². The van der Waals surface area contributed by atoms with Crippen LogP contribution in [-0.4, -0.2) is 9.55 Å². The maximum atomic E-state index is 6.01. The van der Waals surface area contributed by atoms with E-state index in [9.17, 15) is 0 Å². The van der Waals surface area contributed by atoms with Crippen LogP contribution in [0.2, 0.25) is 5.02 Å². The molecular weight excluding hydrogens is 208 g/mol. The summed E-state index contributed by atoms with van der Waals surface area (Å²) >= 11 is 6.01. The van der Waals surface area contributed by atoms with Gasteiger partial charge >= 0.3 is 0 Å². The number of fused-ring (bicyclic) bond motifs is 1. The van der Waals surface area contributed by atoms with Gasteiger partial charge in [0.15, 0.2) is 0 Å². The molecule has 3 heteroatoms. The molecule has 0 unspecified atom stereocenters. The van der Waals surface area contributed by atoms with Crippen molar-refractivity contribution in [2.24, 2.45) is 0 Å². The van der Waals surface area contributed by atoms with Crippen molar-refractivity contribution in [3.8, 4) is 0 Å². The van der Waals surface area contributed by atoms with E-state index in [-0.39, 0.29) is 0 Å². The van der Waals surface area contributed by atoms with Gasteiger partial charge in [-0.15, -0.1) is 0 Å². The molecule has 0 amide bonds. The number of halogens is 1. The standard InChI is InChI=1S/C12H13ClN2/c1-2-15-11-7-9(13)5-6-10(11)14-12(15)8-3-4-8/h5-8H,2-4H2,1H3. The summed E-state index contributed by atoms with van der Waals surface area (Å²) in [7, 11) is 0. The van der Waals surface area contributed by atoms with Crippen LogP contribution in [0.15, 0.2) is 18.2 Å². The average Bonchev–Trinajstić information content (AvgIpc) is 3.00. The van der Waals surface area contributed by atoms with E-state index in [2.05, 4.69) is 11.5 Å². The SMILES string of the molecule is CCn1c(C2CC2)nc2ccc(Cl)cc21. The molecule has 0 saturated heterocycles. The fourth-order valence-corrected chi connectivity index (χ4v) is 2.27. The molecule has 1 aromatic carbocycles. The molecule has 0 bridgehead atoms. The van der Waals surface area contributed by atoms with Gasteiger partial charge in [-0.1, -0.05) is 11.6 Å². The van der Waals surface area contributed by atoms with Crippen LogP contribution in [0.4, 0.5) is 0 Å². The van der Waals surface area contributed by atoms with Gasteiger partial charge in [0.1, 0.15) is 5.82 Å². The van der Waals surface area contributed by atoms with Gasteiger partial charge in [0.25, 0.3) is 0 Å². The maximum absolute atomic E-state index is 6.01. The van der Waals surface area contributed by atoms with E-state index in [1.54, 1.807) is 0 Å². The smallest absolute Gasteiger partial charge is 0.112 e. The first-order chi connectivity index (χ1) is 7.29. The van der Waals surface area contributed by atoms with Crippen LogP contribution in [0.5, 0.6) is 0 Å². The highest BCUT2D eigenvalue weighted by molar-refractivity contribution is 6.31. The van der Waals surface area contributed by atoms with Crippen LogP contribution >= 0.6 is 11.6 Å². The Labute approximate surface area is 93.9 Å². The second kappa shape index (κ2) is 3.24. The topological polar surface area (TPSA) is 17.8 Å². The number of rotatable bonds is 2. The van der Waals surface area contributed by atoms with Crippen LogP contribution in [-0.2, 0) is 6.54 Å². The highest BCUT2D eigenvalue weighted by Gasteiger charge is 2.29. The normalized spacial score (nSPS) is 16.1. The van der Waals surface area contributed by atoms with Crippen molar-refractivity contribution in [1.29, 1.82) is 0 Å². The molecule has 0 N–H and O–H groups in total. The molecule has 0 atom stereocenters. The van der Waals surface area contributed by atoms with E-state index in [0.717, 1.165) is 17.1 Å². The predicted molar refractivity (Wildman–Crippen MR) is 62.4 cm³/mol. The predicted octanol–water partition coefficient (Wildman–Crippen LogP) is 3.59. The third kappa shape index (κ3) is 1.44. The minimum Gasteiger partial charge on any atom is -0.328 e. The van der Waals surface area contributed by atoms with Crippen LogP contribution in [0, 0.1) is 0 Å². The van der Waals surface area contributed by atoms with Gasteiger partial charge < -0.3 is 4.57 Å². The minimum atomic E-state index is 0.691. The number of benzene rings is 1. The Hall–Kier alpha value is -1.02. The lowest BCUT2D eigenvalue weighted by Crippen LogP contribution is -1.99. The quantitative estimate of drug-likeness (QED) is 0.757. The number of hydrogen-bond acceptors (Lipinski definition) is 1. The van der Waals surface area contributed by atoms with Gasteiger partial charge in [0, 0.05) is 17.5 Å². The van der Waals surface area contributed by atoms with Crippen molar-refractivity contribution < 1.29 is 0 Å². The summed E-state index contributed by atoms with van der Waals surface area (Å²) < 4.78 is 2.29. The van der Waals surface area contributed by atoms with Gasteiger partial charge in [0.2, 0.25) is 0 Å². The Balaban J connectivity index is 2.27. The number of nitrogens with zero attached hydrogens (tertiary/aromatic N) is 2. The summed E-state index contributed by atoms with van der Waals surface area (Å²) in [5.74, 6) is 1.94. The van der Waals surface area contributed by atoms with E-state index >= 15 is 0 Å². The lowest BCUT2D eigenvalue weighted by molar-refractivity contribution is 0.720. The molecule has 2 aromatic rings.